The summed E-state index contributed by atoms with van der Waals surface area (Å²) >= 11 is 1.39. The molecule has 0 amide bonds. The molecular weight excluding hydrogens is 446 g/mol. The van der Waals surface area contributed by atoms with Gasteiger partial charge in [0.25, 0.3) is 0 Å². The van der Waals surface area contributed by atoms with Gasteiger partial charge in [-0.3, -0.25) is 14.3 Å². The molecular formula is C26H29N5O2S. The number of hydrogen-bond donors (Lipinski definition) is 0. The van der Waals surface area contributed by atoms with Crippen molar-refractivity contribution in [2.75, 3.05) is 12.4 Å². The summed E-state index contributed by atoms with van der Waals surface area (Å²) in [6.45, 7) is 10.9. The van der Waals surface area contributed by atoms with Gasteiger partial charge in [-0.1, -0.05) is 11.8 Å². The lowest BCUT2D eigenvalue weighted by Crippen LogP contribution is -2.09. The molecule has 0 aliphatic carbocycles. The Bertz CT molecular complexity index is 1280. The van der Waals surface area contributed by atoms with E-state index in [1.54, 1.807) is 12.4 Å². The van der Waals surface area contributed by atoms with E-state index >= 15 is 0 Å². The average molecular weight is 476 g/mol. The topological polar surface area (TPSA) is 74.8 Å². The van der Waals surface area contributed by atoms with Crippen LogP contribution in [0.4, 0.5) is 0 Å². The Kier molecular flexibility index (Phi) is 7.17. The van der Waals surface area contributed by atoms with Crippen LogP contribution in [-0.4, -0.2) is 42.5 Å². The number of Topliss-reactive ketones (excluding diaryl/α,β-unsaturated/α-hetero) is 1. The van der Waals surface area contributed by atoms with Crippen molar-refractivity contribution in [3.63, 3.8) is 0 Å². The summed E-state index contributed by atoms with van der Waals surface area (Å²) in [7, 11) is 0. The normalized spacial score (nSPS) is 11.2. The van der Waals surface area contributed by atoms with E-state index in [9.17, 15) is 4.79 Å². The minimum Gasteiger partial charge on any atom is -0.494 e. The third-order valence-corrected chi connectivity index (χ3v) is 6.54. The number of nitrogens with zero attached hydrogens (tertiary/aromatic N) is 5. The van der Waals surface area contributed by atoms with Crippen molar-refractivity contribution in [3.05, 3.63) is 71.8 Å². The molecule has 0 radical (unpaired) electrons. The van der Waals surface area contributed by atoms with E-state index in [0.29, 0.717) is 23.6 Å². The van der Waals surface area contributed by atoms with Crippen LogP contribution in [0.2, 0.25) is 0 Å². The van der Waals surface area contributed by atoms with Gasteiger partial charge >= 0.3 is 0 Å². The van der Waals surface area contributed by atoms with Gasteiger partial charge in [0.15, 0.2) is 16.8 Å². The molecule has 1 aromatic carbocycles. The largest absolute Gasteiger partial charge is 0.494 e. The number of hydrogen-bond acceptors (Lipinski definition) is 6. The van der Waals surface area contributed by atoms with Crippen molar-refractivity contribution in [3.8, 4) is 22.8 Å². The summed E-state index contributed by atoms with van der Waals surface area (Å²) in [4.78, 5) is 17.3. The molecule has 3 aromatic heterocycles. The van der Waals surface area contributed by atoms with Gasteiger partial charge in [-0.25, -0.2) is 0 Å². The molecule has 0 aliphatic heterocycles. The Morgan fingerprint density at radius 1 is 1.06 bits per heavy atom. The van der Waals surface area contributed by atoms with E-state index in [1.165, 1.54) is 11.8 Å². The number of aryl methyl sites for hydroxylation is 1. The molecule has 0 fully saturated rings. The fraction of sp³-hybridized carbons (Fsp3) is 0.308. The van der Waals surface area contributed by atoms with E-state index in [0.717, 1.165) is 34.0 Å². The molecule has 7 nitrogen and oxygen atoms in total. The zero-order valence-electron chi connectivity index (χ0n) is 20.1. The Labute approximate surface area is 204 Å². The standard InChI is InChI=1S/C26H29N5O2S/c1-6-33-22-9-7-21(8-10-22)31-25(20-11-13-27-14-12-20)28-29-26(31)34-16-24(32)23-15-18(4)30(17(2)3)19(23)5/h7-15,17H,6,16H2,1-5H3. The minimum atomic E-state index is 0.0803. The molecule has 0 saturated heterocycles. The van der Waals surface area contributed by atoms with Crippen LogP contribution < -0.4 is 4.74 Å². The summed E-state index contributed by atoms with van der Waals surface area (Å²) < 4.78 is 9.76. The maximum atomic E-state index is 13.2. The first-order valence-electron chi connectivity index (χ1n) is 11.3. The first kappa shape index (κ1) is 23.8. The molecule has 0 bridgehead atoms. The Morgan fingerprint density at radius 3 is 2.38 bits per heavy atom. The molecule has 8 heteroatoms. The number of ether oxygens (including phenoxy) is 1. The molecule has 0 unspecified atom stereocenters. The van der Waals surface area contributed by atoms with Gasteiger partial charge in [-0.2, -0.15) is 0 Å². The first-order chi connectivity index (χ1) is 16.4. The van der Waals surface area contributed by atoms with Gasteiger partial charge in [0.05, 0.1) is 12.4 Å². The van der Waals surface area contributed by atoms with Crippen LogP contribution in [0.25, 0.3) is 17.1 Å². The van der Waals surface area contributed by atoms with E-state index in [-0.39, 0.29) is 11.5 Å². The van der Waals surface area contributed by atoms with Crippen LogP contribution in [-0.2, 0) is 0 Å². The minimum absolute atomic E-state index is 0.0803. The summed E-state index contributed by atoms with van der Waals surface area (Å²) in [6, 6.07) is 13.9. The Balaban J connectivity index is 1.65. The highest BCUT2D eigenvalue weighted by Crippen LogP contribution is 2.30. The molecule has 3 heterocycles. The second kappa shape index (κ2) is 10.3. The van der Waals surface area contributed by atoms with Crippen molar-refractivity contribution < 1.29 is 9.53 Å². The Hall–Kier alpha value is -3.39. The molecule has 0 aliphatic rings. The molecule has 4 aromatic rings. The Morgan fingerprint density at radius 2 is 1.76 bits per heavy atom. The molecule has 0 atom stereocenters. The van der Waals surface area contributed by atoms with Gasteiger partial charge in [-0.15, -0.1) is 10.2 Å². The summed E-state index contributed by atoms with van der Waals surface area (Å²) in [5.74, 6) is 1.85. The smallest absolute Gasteiger partial charge is 0.196 e. The van der Waals surface area contributed by atoms with Crippen molar-refractivity contribution in [2.45, 2.75) is 45.8 Å². The predicted molar refractivity (Wildman–Crippen MR) is 135 cm³/mol. The third-order valence-electron chi connectivity index (χ3n) is 5.61. The van der Waals surface area contributed by atoms with Gasteiger partial charge in [0.2, 0.25) is 0 Å². The van der Waals surface area contributed by atoms with Crippen LogP contribution in [0.15, 0.2) is 60.0 Å². The van der Waals surface area contributed by atoms with Crippen LogP contribution >= 0.6 is 11.8 Å². The van der Waals surface area contributed by atoms with E-state index < -0.39 is 0 Å². The fourth-order valence-corrected chi connectivity index (χ4v) is 5.04. The second-order valence-electron chi connectivity index (χ2n) is 8.26. The lowest BCUT2D eigenvalue weighted by molar-refractivity contribution is 0.102. The molecule has 0 N–H and O–H groups in total. The van der Waals surface area contributed by atoms with Crippen LogP contribution in [0.5, 0.6) is 5.75 Å². The molecule has 176 valence electrons. The SMILES string of the molecule is CCOc1ccc(-n2c(SCC(=O)c3cc(C)n(C(C)C)c3C)nnc2-c2ccncc2)cc1. The molecule has 0 saturated carbocycles. The van der Waals surface area contributed by atoms with Crippen molar-refractivity contribution in [1.82, 2.24) is 24.3 Å². The lowest BCUT2D eigenvalue weighted by Gasteiger charge is -2.13. The number of carbonyl (C=O) groups is 1. The quantitative estimate of drug-likeness (QED) is 0.228. The number of rotatable bonds is 9. The number of ketones is 1. The lowest BCUT2D eigenvalue weighted by atomic mass is 10.2. The summed E-state index contributed by atoms with van der Waals surface area (Å²) in [6.07, 6.45) is 3.46. The second-order valence-corrected chi connectivity index (χ2v) is 9.21. The van der Waals surface area contributed by atoms with Gasteiger partial charge < -0.3 is 9.30 Å². The maximum Gasteiger partial charge on any atom is 0.196 e. The van der Waals surface area contributed by atoms with Crippen molar-refractivity contribution in [1.29, 1.82) is 0 Å². The van der Waals surface area contributed by atoms with Crippen molar-refractivity contribution in [2.24, 2.45) is 0 Å². The zero-order chi connectivity index (χ0) is 24.2. The number of carbonyl (C=O) groups excluding carboxylic acids is 1. The van der Waals surface area contributed by atoms with Crippen LogP contribution in [0, 0.1) is 13.8 Å². The predicted octanol–water partition coefficient (Wildman–Crippen LogP) is 5.70. The van der Waals surface area contributed by atoms with Crippen molar-refractivity contribution >= 4 is 17.5 Å². The number of benzene rings is 1. The highest BCUT2D eigenvalue weighted by atomic mass is 32.2. The van der Waals surface area contributed by atoms with Gasteiger partial charge in [-0.05, 0) is 77.1 Å². The molecule has 34 heavy (non-hydrogen) atoms. The van der Waals surface area contributed by atoms with E-state index in [2.05, 4.69) is 33.6 Å². The van der Waals surface area contributed by atoms with Crippen LogP contribution in [0.3, 0.4) is 0 Å². The highest BCUT2D eigenvalue weighted by molar-refractivity contribution is 7.99. The average Bonchev–Trinajstić information content (AvgIpc) is 3.39. The van der Waals surface area contributed by atoms with E-state index in [1.807, 2.05) is 67.8 Å². The fourth-order valence-electron chi connectivity index (χ4n) is 4.20. The monoisotopic (exact) mass is 475 g/mol. The number of aromatic nitrogens is 5. The maximum absolute atomic E-state index is 13.2. The zero-order valence-corrected chi connectivity index (χ0v) is 21.0. The van der Waals surface area contributed by atoms with Crippen LogP contribution in [0.1, 0.15) is 48.6 Å². The summed E-state index contributed by atoms with van der Waals surface area (Å²) in [5, 5.41) is 9.54. The molecule has 0 spiro atoms. The van der Waals surface area contributed by atoms with Gasteiger partial charge in [0, 0.05) is 46.6 Å². The third kappa shape index (κ3) is 4.77. The first-order valence-corrected chi connectivity index (χ1v) is 12.3. The molecule has 4 rings (SSSR count). The summed E-state index contributed by atoms with van der Waals surface area (Å²) in [5.41, 5.74) is 4.66. The number of thioether (sulfide) groups is 1. The van der Waals surface area contributed by atoms with E-state index in [4.69, 9.17) is 4.74 Å². The highest BCUT2D eigenvalue weighted by Gasteiger charge is 2.21. The van der Waals surface area contributed by atoms with Gasteiger partial charge in [0.1, 0.15) is 5.75 Å². The number of pyridine rings is 1.